The first-order chi connectivity index (χ1) is 13.5. The Bertz CT molecular complexity index is 794. The fourth-order valence-corrected chi connectivity index (χ4v) is 3.72. The molecule has 1 saturated heterocycles. The molecule has 1 amide bonds. The summed E-state index contributed by atoms with van der Waals surface area (Å²) in [5, 5.41) is 4.01. The molecular weight excluding hydrogens is 363 g/mol. The van der Waals surface area contributed by atoms with E-state index in [9.17, 15) is 14.0 Å². The number of aryl methyl sites for hydroxylation is 1. The fourth-order valence-electron chi connectivity index (χ4n) is 3.72. The Morgan fingerprint density at radius 3 is 2.75 bits per heavy atom. The van der Waals surface area contributed by atoms with Crippen LogP contribution in [0.1, 0.15) is 31.7 Å². The molecule has 2 heterocycles. The van der Waals surface area contributed by atoms with Crippen molar-refractivity contribution in [2.75, 3.05) is 19.7 Å². The van der Waals surface area contributed by atoms with E-state index in [0.717, 1.165) is 12.0 Å². The van der Waals surface area contributed by atoms with Gasteiger partial charge in [0.25, 0.3) is 0 Å². The third kappa shape index (κ3) is 4.74. The van der Waals surface area contributed by atoms with Crippen LogP contribution in [0.15, 0.2) is 36.9 Å². The smallest absolute Gasteiger partial charge is 0.314 e. The van der Waals surface area contributed by atoms with E-state index in [0.29, 0.717) is 38.9 Å². The van der Waals surface area contributed by atoms with Gasteiger partial charge in [-0.1, -0.05) is 12.1 Å². The van der Waals surface area contributed by atoms with Crippen molar-refractivity contribution < 1.29 is 18.7 Å². The van der Waals surface area contributed by atoms with Crippen LogP contribution in [-0.4, -0.2) is 51.2 Å². The topological polar surface area (TPSA) is 77.3 Å². The van der Waals surface area contributed by atoms with Crippen LogP contribution in [0.3, 0.4) is 0 Å². The number of carbonyl (C=O) groups is 2. The number of rotatable bonds is 7. The number of benzene rings is 1. The molecule has 0 spiro atoms. The molecule has 8 heteroatoms. The highest BCUT2D eigenvalue weighted by molar-refractivity contribution is 5.81. The van der Waals surface area contributed by atoms with Gasteiger partial charge < -0.3 is 9.64 Å². The monoisotopic (exact) mass is 388 g/mol. The molecule has 0 bridgehead atoms. The Labute approximate surface area is 163 Å². The van der Waals surface area contributed by atoms with Crippen molar-refractivity contribution in [2.45, 2.75) is 39.2 Å². The number of hydrogen-bond acceptors (Lipinski definition) is 5. The lowest BCUT2D eigenvalue weighted by Crippen LogP contribution is -2.51. The predicted octanol–water partition coefficient (Wildman–Crippen LogP) is 2.22. The van der Waals surface area contributed by atoms with Gasteiger partial charge in [-0.3, -0.25) is 14.3 Å². The maximum atomic E-state index is 13.3. The molecule has 1 aromatic carbocycles. The number of hydrogen-bond donors (Lipinski definition) is 0. The molecule has 150 valence electrons. The minimum atomic E-state index is -0.811. The lowest BCUT2D eigenvalue weighted by Gasteiger charge is -2.41. The van der Waals surface area contributed by atoms with Gasteiger partial charge in [0, 0.05) is 19.5 Å². The molecule has 1 aliphatic rings. The van der Waals surface area contributed by atoms with Gasteiger partial charge >= 0.3 is 5.97 Å². The average Bonchev–Trinajstić information content (AvgIpc) is 3.22. The first-order valence-corrected chi connectivity index (χ1v) is 9.54. The van der Waals surface area contributed by atoms with Gasteiger partial charge in [-0.05, 0) is 43.9 Å². The summed E-state index contributed by atoms with van der Waals surface area (Å²) in [6.45, 7) is 3.41. The summed E-state index contributed by atoms with van der Waals surface area (Å²) in [6.07, 6.45) is 5.06. The molecule has 28 heavy (non-hydrogen) atoms. The molecule has 0 aliphatic carbocycles. The van der Waals surface area contributed by atoms with Gasteiger partial charge in [0.2, 0.25) is 5.91 Å². The quantitative estimate of drug-likeness (QED) is 0.680. The van der Waals surface area contributed by atoms with E-state index in [-0.39, 0.29) is 24.3 Å². The van der Waals surface area contributed by atoms with Crippen molar-refractivity contribution in [2.24, 2.45) is 5.41 Å². The van der Waals surface area contributed by atoms with Crippen molar-refractivity contribution in [3.63, 3.8) is 0 Å². The summed E-state index contributed by atoms with van der Waals surface area (Å²) in [5.74, 6) is -0.640. The van der Waals surface area contributed by atoms with Crippen LogP contribution in [0.25, 0.3) is 0 Å². The predicted molar refractivity (Wildman–Crippen MR) is 99.6 cm³/mol. The van der Waals surface area contributed by atoms with E-state index in [1.807, 2.05) is 0 Å². The maximum Gasteiger partial charge on any atom is 0.314 e. The largest absolute Gasteiger partial charge is 0.466 e. The first kappa shape index (κ1) is 20.0. The van der Waals surface area contributed by atoms with Crippen LogP contribution in [0.4, 0.5) is 4.39 Å². The molecule has 0 saturated carbocycles. The van der Waals surface area contributed by atoms with Crippen LogP contribution < -0.4 is 0 Å². The zero-order valence-electron chi connectivity index (χ0n) is 16.0. The molecule has 0 unspecified atom stereocenters. The van der Waals surface area contributed by atoms with Crippen molar-refractivity contribution in [1.29, 1.82) is 0 Å². The average molecular weight is 388 g/mol. The van der Waals surface area contributed by atoms with Crippen molar-refractivity contribution >= 4 is 11.9 Å². The van der Waals surface area contributed by atoms with Gasteiger partial charge in [-0.25, -0.2) is 9.37 Å². The number of ether oxygens (including phenoxy) is 1. The second-order valence-corrected chi connectivity index (χ2v) is 7.13. The number of nitrogens with zero attached hydrogens (tertiary/aromatic N) is 4. The summed E-state index contributed by atoms with van der Waals surface area (Å²) in [7, 11) is 0. The van der Waals surface area contributed by atoms with Crippen LogP contribution in [0.2, 0.25) is 0 Å². The number of carbonyl (C=O) groups excluding carboxylic acids is 2. The third-order valence-electron chi connectivity index (χ3n) is 5.12. The Balaban J connectivity index is 1.73. The van der Waals surface area contributed by atoms with Crippen LogP contribution in [0.5, 0.6) is 0 Å². The zero-order valence-corrected chi connectivity index (χ0v) is 16.0. The summed E-state index contributed by atoms with van der Waals surface area (Å²) in [6, 6.07) is 6.14. The van der Waals surface area contributed by atoms with E-state index in [1.54, 1.807) is 35.0 Å². The molecular formula is C20H25FN4O3. The summed E-state index contributed by atoms with van der Waals surface area (Å²) >= 11 is 0. The summed E-state index contributed by atoms with van der Waals surface area (Å²) in [4.78, 5) is 31.2. The molecule has 0 radical (unpaired) electrons. The fraction of sp³-hybridized carbons (Fsp3) is 0.500. The standard InChI is InChI=1S/C20H25FN4O3/c1-2-28-19(27)20(12-16-4-6-17(21)7-5-16)9-3-10-24(13-20)18(26)8-11-25-15-22-14-23-25/h4-7,14-15H,2-3,8-13H2,1H3/t20-/m1/s1. The van der Waals surface area contributed by atoms with Crippen LogP contribution in [0, 0.1) is 11.2 Å². The van der Waals surface area contributed by atoms with Gasteiger partial charge in [-0.15, -0.1) is 0 Å². The molecule has 3 rings (SSSR count). The van der Waals surface area contributed by atoms with Gasteiger partial charge in [-0.2, -0.15) is 5.10 Å². The highest BCUT2D eigenvalue weighted by Gasteiger charge is 2.44. The van der Waals surface area contributed by atoms with Gasteiger partial charge in [0.05, 0.1) is 18.6 Å². The molecule has 7 nitrogen and oxygen atoms in total. The molecule has 1 aromatic heterocycles. The Morgan fingerprint density at radius 2 is 2.07 bits per heavy atom. The Morgan fingerprint density at radius 1 is 1.29 bits per heavy atom. The van der Waals surface area contributed by atoms with E-state index in [1.165, 1.54) is 18.5 Å². The SMILES string of the molecule is CCOC(=O)[C@@]1(Cc2ccc(F)cc2)CCCN(C(=O)CCn2cncn2)C1. The highest BCUT2D eigenvalue weighted by Crippen LogP contribution is 2.35. The number of aromatic nitrogens is 3. The van der Waals surface area contributed by atoms with Crippen LogP contribution >= 0.6 is 0 Å². The van der Waals surface area contributed by atoms with Gasteiger partial charge in [0.15, 0.2) is 0 Å². The lowest BCUT2D eigenvalue weighted by atomic mass is 9.75. The highest BCUT2D eigenvalue weighted by atomic mass is 19.1. The minimum absolute atomic E-state index is 0.0250. The second kappa shape index (κ2) is 8.95. The normalized spacial score (nSPS) is 19.4. The number of halogens is 1. The third-order valence-corrected chi connectivity index (χ3v) is 5.12. The maximum absolute atomic E-state index is 13.3. The molecule has 1 aliphatic heterocycles. The minimum Gasteiger partial charge on any atom is -0.466 e. The van der Waals surface area contributed by atoms with E-state index in [4.69, 9.17) is 4.74 Å². The van der Waals surface area contributed by atoms with Crippen LogP contribution in [-0.2, 0) is 27.3 Å². The summed E-state index contributed by atoms with van der Waals surface area (Å²) < 4.78 is 20.2. The number of piperidine rings is 1. The lowest BCUT2D eigenvalue weighted by molar-refractivity contribution is -0.160. The van der Waals surface area contributed by atoms with Crippen molar-refractivity contribution in [3.05, 3.63) is 48.3 Å². The molecule has 0 N–H and O–H groups in total. The zero-order chi connectivity index (χ0) is 20.0. The molecule has 1 fully saturated rings. The Kier molecular flexibility index (Phi) is 6.38. The Hall–Kier alpha value is -2.77. The van der Waals surface area contributed by atoms with E-state index in [2.05, 4.69) is 10.1 Å². The van der Waals surface area contributed by atoms with E-state index >= 15 is 0 Å². The first-order valence-electron chi connectivity index (χ1n) is 9.54. The van der Waals surface area contributed by atoms with Crippen molar-refractivity contribution in [1.82, 2.24) is 19.7 Å². The van der Waals surface area contributed by atoms with Gasteiger partial charge in [0.1, 0.15) is 18.5 Å². The molecule has 1 atom stereocenters. The number of amides is 1. The number of esters is 1. The number of likely N-dealkylation sites (tertiary alicyclic amines) is 1. The molecule has 2 aromatic rings. The van der Waals surface area contributed by atoms with E-state index < -0.39 is 5.41 Å². The summed E-state index contributed by atoms with van der Waals surface area (Å²) in [5.41, 5.74) is 0.0426. The second-order valence-electron chi connectivity index (χ2n) is 7.13. The van der Waals surface area contributed by atoms with Crippen molar-refractivity contribution in [3.8, 4) is 0 Å².